The van der Waals surface area contributed by atoms with Crippen molar-refractivity contribution in [3.8, 4) is 0 Å². The Morgan fingerprint density at radius 1 is 1.06 bits per heavy atom. The molecule has 0 bridgehead atoms. The number of rotatable bonds is 5. The van der Waals surface area contributed by atoms with E-state index in [4.69, 9.17) is 5.73 Å². The molecule has 9 nitrogen and oxygen atoms in total. The van der Waals surface area contributed by atoms with Crippen LogP contribution in [0, 0.1) is 0 Å². The molecule has 1 heterocycles. The van der Waals surface area contributed by atoms with Crippen molar-refractivity contribution in [3.63, 3.8) is 0 Å². The summed E-state index contributed by atoms with van der Waals surface area (Å²) < 4.78 is 25.8. The number of aromatic amines is 2. The van der Waals surface area contributed by atoms with Gasteiger partial charge in [-0.25, -0.2) is 13.2 Å². The van der Waals surface area contributed by atoms with E-state index in [0.717, 1.165) is 17.5 Å². The average Bonchev–Trinajstić information content (AvgIpc) is 2.77. The number of H-pyrrole nitrogens is 2. The summed E-state index contributed by atoms with van der Waals surface area (Å²) >= 11 is 0. The number of carbonyl (C=O) groups excluding carboxylic acids is 1. The number of sulfone groups is 1. The highest BCUT2D eigenvalue weighted by Crippen LogP contribution is 2.33. The van der Waals surface area contributed by atoms with Crippen LogP contribution in [0.15, 0.2) is 63.0 Å². The van der Waals surface area contributed by atoms with Crippen molar-refractivity contribution < 1.29 is 13.2 Å². The summed E-state index contributed by atoms with van der Waals surface area (Å²) in [4.78, 5) is 40.5. The molecular formula is C22H22N4O5S. The van der Waals surface area contributed by atoms with E-state index in [2.05, 4.69) is 10.3 Å². The summed E-state index contributed by atoms with van der Waals surface area (Å²) in [5.41, 5.74) is 5.71. The van der Waals surface area contributed by atoms with Gasteiger partial charge >= 0.3 is 5.69 Å². The molecule has 32 heavy (non-hydrogen) atoms. The van der Waals surface area contributed by atoms with Crippen LogP contribution in [-0.2, 0) is 22.0 Å². The fraction of sp³-hybridized carbons (Fsp3) is 0.227. The van der Waals surface area contributed by atoms with Gasteiger partial charge in [-0.1, -0.05) is 36.4 Å². The lowest BCUT2D eigenvalue weighted by molar-refractivity contribution is 0.0928. The van der Waals surface area contributed by atoms with Gasteiger partial charge in [-0.15, -0.1) is 0 Å². The first kappa shape index (κ1) is 21.6. The average molecular weight is 455 g/mol. The van der Waals surface area contributed by atoms with Crippen molar-refractivity contribution in [2.24, 2.45) is 0 Å². The lowest BCUT2D eigenvalue weighted by Gasteiger charge is -2.28. The van der Waals surface area contributed by atoms with Gasteiger partial charge in [0.1, 0.15) is 11.4 Å². The maximum Gasteiger partial charge on any atom is 0.326 e. The van der Waals surface area contributed by atoms with Crippen LogP contribution in [0.1, 0.15) is 46.1 Å². The number of nitrogen functional groups attached to an aromatic ring is 1. The third kappa shape index (κ3) is 4.22. The summed E-state index contributed by atoms with van der Waals surface area (Å²) in [6, 6.07) is 13.3. The van der Waals surface area contributed by atoms with Crippen molar-refractivity contribution in [2.45, 2.75) is 36.0 Å². The minimum atomic E-state index is -3.53. The van der Waals surface area contributed by atoms with Crippen LogP contribution in [0.25, 0.3) is 0 Å². The largest absolute Gasteiger partial charge is 0.392 e. The summed E-state index contributed by atoms with van der Waals surface area (Å²) in [6.07, 6.45) is 2.05. The molecule has 0 fully saturated rings. The van der Waals surface area contributed by atoms with Crippen LogP contribution in [0.2, 0.25) is 0 Å². The summed E-state index contributed by atoms with van der Waals surface area (Å²) in [6.45, 7) is 0. The van der Waals surface area contributed by atoms with Gasteiger partial charge < -0.3 is 16.0 Å². The summed E-state index contributed by atoms with van der Waals surface area (Å²) in [7, 11) is -3.53. The Bertz CT molecular complexity index is 1390. The van der Waals surface area contributed by atoms with Gasteiger partial charge in [-0.2, -0.15) is 0 Å². The number of amides is 1. The van der Waals surface area contributed by atoms with Crippen LogP contribution < -0.4 is 22.3 Å². The number of benzene rings is 2. The van der Waals surface area contributed by atoms with Gasteiger partial charge in [-0.05, 0) is 48.1 Å². The Labute approximate surface area is 183 Å². The van der Waals surface area contributed by atoms with E-state index in [1.54, 1.807) is 42.5 Å². The van der Waals surface area contributed by atoms with E-state index >= 15 is 0 Å². The normalized spacial score (nSPS) is 15.7. The molecule has 1 aliphatic carbocycles. The van der Waals surface area contributed by atoms with Gasteiger partial charge in [-0.3, -0.25) is 14.6 Å². The van der Waals surface area contributed by atoms with Crippen molar-refractivity contribution in [1.29, 1.82) is 0 Å². The van der Waals surface area contributed by atoms with Gasteiger partial charge in [0.15, 0.2) is 9.84 Å². The van der Waals surface area contributed by atoms with E-state index in [0.29, 0.717) is 18.4 Å². The highest BCUT2D eigenvalue weighted by molar-refractivity contribution is 7.90. The van der Waals surface area contributed by atoms with Crippen molar-refractivity contribution >= 4 is 21.4 Å². The predicted molar refractivity (Wildman–Crippen MR) is 119 cm³/mol. The van der Waals surface area contributed by atoms with E-state index in [1.807, 2.05) is 11.1 Å². The molecular weight excluding hydrogens is 432 g/mol. The standard InChI is InChI=1S/C22H22N4O5S/c23-18-19(25-22(29)26-20(18)27)21(28)24-17-11-5-9-15-13(6-4-10-16(15)17)12-32(30,31)14-7-2-1-3-8-14/h1-4,6-8,10,17H,5,9,11-12,23H2,(H,24,28)(H2,25,26,27,29)/t17-/m1/s1. The van der Waals surface area contributed by atoms with E-state index in [1.165, 1.54) is 0 Å². The Kier molecular flexibility index (Phi) is 5.70. The zero-order chi connectivity index (χ0) is 22.9. The smallest absolute Gasteiger partial charge is 0.326 e. The molecule has 0 saturated carbocycles. The molecule has 5 N–H and O–H groups in total. The van der Waals surface area contributed by atoms with E-state index < -0.39 is 33.0 Å². The second-order valence-electron chi connectivity index (χ2n) is 7.67. The van der Waals surface area contributed by atoms with Crippen molar-refractivity contribution in [2.75, 3.05) is 5.73 Å². The molecule has 0 radical (unpaired) electrons. The Morgan fingerprint density at radius 3 is 2.56 bits per heavy atom. The fourth-order valence-electron chi connectivity index (χ4n) is 4.03. The highest BCUT2D eigenvalue weighted by atomic mass is 32.2. The molecule has 3 aromatic rings. The second kappa shape index (κ2) is 8.46. The van der Waals surface area contributed by atoms with Crippen molar-refractivity contribution in [3.05, 3.63) is 91.8 Å². The minimum Gasteiger partial charge on any atom is -0.392 e. The maximum absolute atomic E-state index is 12.9. The van der Waals surface area contributed by atoms with Gasteiger partial charge in [0, 0.05) is 0 Å². The van der Waals surface area contributed by atoms with Gasteiger partial charge in [0.2, 0.25) is 0 Å². The first-order valence-electron chi connectivity index (χ1n) is 10.1. The molecule has 166 valence electrons. The Balaban J connectivity index is 1.64. The molecule has 0 saturated heterocycles. The number of carbonyl (C=O) groups is 1. The first-order chi connectivity index (χ1) is 15.3. The number of nitrogens with one attached hydrogen (secondary N) is 3. The molecule has 0 unspecified atom stereocenters. The molecule has 1 amide bonds. The monoisotopic (exact) mass is 454 g/mol. The van der Waals surface area contributed by atoms with Crippen LogP contribution in [-0.4, -0.2) is 24.3 Å². The molecule has 1 atom stereocenters. The summed E-state index contributed by atoms with van der Waals surface area (Å²) in [5, 5.41) is 2.82. The molecule has 1 aromatic heterocycles. The third-order valence-corrected chi connectivity index (χ3v) is 7.25. The quantitative estimate of drug-likeness (QED) is 0.457. The highest BCUT2D eigenvalue weighted by Gasteiger charge is 2.27. The molecule has 0 spiro atoms. The first-order valence-corrected chi connectivity index (χ1v) is 11.7. The number of nitrogens with two attached hydrogens (primary N) is 1. The number of aromatic nitrogens is 2. The van der Waals surface area contributed by atoms with Crippen LogP contribution in [0.3, 0.4) is 0 Å². The fourth-order valence-corrected chi connectivity index (χ4v) is 5.45. The number of anilines is 1. The van der Waals surface area contributed by atoms with Crippen LogP contribution >= 0.6 is 0 Å². The Hall–Kier alpha value is -3.66. The second-order valence-corrected chi connectivity index (χ2v) is 9.66. The number of fused-ring (bicyclic) bond motifs is 1. The molecule has 2 aromatic carbocycles. The van der Waals surface area contributed by atoms with E-state index in [-0.39, 0.29) is 22.0 Å². The topological polar surface area (TPSA) is 155 Å². The van der Waals surface area contributed by atoms with E-state index in [9.17, 15) is 22.8 Å². The predicted octanol–water partition coefficient (Wildman–Crippen LogP) is 1.43. The van der Waals surface area contributed by atoms with Gasteiger partial charge in [0.05, 0.1) is 16.7 Å². The third-order valence-electron chi connectivity index (χ3n) is 5.56. The maximum atomic E-state index is 12.9. The molecule has 10 heteroatoms. The number of hydrogen-bond donors (Lipinski definition) is 4. The Morgan fingerprint density at radius 2 is 1.81 bits per heavy atom. The van der Waals surface area contributed by atoms with Crippen molar-refractivity contribution in [1.82, 2.24) is 15.3 Å². The van der Waals surface area contributed by atoms with Gasteiger partial charge in [0.25, 0.3) is 11.5 Å². The van der Waals surface area contributed by atoms with Crippen LogP contribution in [0.4, 0.5) is 5.69 Å². The van der Waals surface area contributed by atoms with Crippen LogP contribution in [0.5, 0.6) is 0 Å². The number of hydrogen-bond acceptors (Lipinski definition) is 6. The SMILES string of the molecule is Nc1c(C(=O)N[C@@H]2CCCc3c(CS(=O)(=O)c4ccccc4)cccc32)[nH]c(=O)[nH]c1=O. The molecule has 4 rings (SSSR count). The lowest BCUT2D eigenvalue weighted by atomic mass is 9.85. The minimum absolute atomic E-state index is 0.144. The zero-order valence-electron chi connectivity index (χ0n) is 17.1. The zero-order valence-corrected chi connectivity index (χ0v) is 17.9. The summed E-state index contributed by atoms with van der Waals surface area (Å²) in [5.74, 6) is -0.819. The lowest BCUT2D eigenvalue weighted by Crippen LogP contribution is -2.36. The molecule has 0 aliphatic heterocycles. The molecule has 1 aliphatic rings.